The van der Waals surface area contributed by atoms with Gasteiger partial charge in [0.25, 0.3) is 0 Å². The average molecular weight is 1310 g/mol. The number of aromatic nitrogens is 1. The smallest absolute Gasteiger partial charge is 0.447 e. The summed E-state index contributed by atoms with van der Waals surface area (Å²) in [6, 6.07) is 29.3. The molecular weight excluding hydrogens is 1180 g/mol. The number of nitrogens with zero attached hydrogens (tertiary/aromatic N) is 5. The average Bonchev–Trinajstić information content (AvgIpc) is 0.815. The second-order valence-corrected chi connectivity index (χ2v) is 38.6. The molecule has 0 unspecified atom stereocenters. The van der Waals surface area contributed by atoms with Crippen molar-refractivity contribution in [1.82, 2.24) is 14.9 Å². The standard InChI is InChI=1S/C16H25BO2.C15H20N2OS.C14H29N.C13H27NO.C11H17BO.C11H14N2/c1-14(2,3)12-8-10-13(11-9-12)17-18-15(4,5)16(6,7)19-17;1-9(2)10-6-7-11-12(8-10)19-14(16-11)17-13(18)15(3,4)5;1-12(2,3)11-9-13(4,5)15(8)14(6,7)10-11;1-11(2,3)10-8-12(4,5)14(15)13(6,7)9-10;1-11(2,3)9-5-7-10(8-6-9)12(4)13;1-11(2,3)8-4-5-9-10(6-8)13-7-12-9/h8-11H,1-7H3;6-9H,1-5H3,(H,16,17,18);11H,9-10H2,1-8H3;10,15H,8-9H2,1-7H3;5-8,13H,1-4H3;4-6H,7H2,1-3H3. The zero-order chi connectivity index (χ0) is 72.4. The Balaban J connectivity index is 0.000000242. The van der Waals surface area contributed by atoms with Gasteiger partial charge in [0.05, 0.1) is 32.1 Å². The number of hydrogen-bond donors (Lipinski definition) is 3. The van der Waals surface area contributed by atoms with Crippen LogP contribution in [0.1, 0.15) is 275 Å². The molecule has 0 radical (unpaired) electrons. The van der Waals surface area contributed by atoms with Crippen molar-refractivity contribution in [3.8, 4) is 0 Å². The first-order valence-corrected chi connectivity index (χ1v) is 35.7. The van der Waals surface area contributed by atoms with Crippen LogP contribution in [0.25, 0.3) is 10.2 Å². The van der Waals surface area contributed by atoms with E-state index in [4.69, 9.17) is 9.31 Å². The molecule has 0 saturated carbocycles. The molecule has 5 heterocycles. The predicted molar refractivity (Wildman–Crippen MR) is 406 cm³/mol. The van der Waals surface area contributed by atoms with Crippen LogP contribution >= 0.6 is 11.3 Å². The Kier molecular flexibility index (Phi) is 26.3. The van der Waals surface area contributed by atoms with Crippen molar-refractivity contribution in [3.63, 3.8) is 0 Å². The number of rotatable bonds is 4. The van der Waals surface area contributed by atoms with E-state index < -0.39 is 5.41 Å². The van der Waals surface area contributed by atoms with Crippen LogP contribution in [0, 0.1) is 28.1 Å². The van der Waals surface area contributed by atoms with E-state index in [1.165, 1.54) is 46.4 Å². The maximum absolute atomic E-state index is 11.9. The van der Waals surface area contributed by atoms with Crippen LogP contribution in [0.15, 0.2) is 94.9 Å². The molecule has 3 saturated heterocycles. The minimum Gasteiger partial charge on any atom is -0.447 e. The number of hydroxylamine groups is 2. The Bertz CT molecular complexity index is 3290. The summed E-state index contributed by atoms with van der Waals surface area (Å²) in [5.74, 6) is 2.00. The molecule has 11 nitrogen and oxygen atoms in total. The van der Waals surface area contributed by atoms with Crippen molar-refractivity contribution in [2.24, 2.45) is 38.1 Å². The highest BCUT2D eigenvalue weighted by Gasteiger charge is 2.52. The Hall–Kier alpha value is -4.27. The molecule has 524 valence electrons. The summed E-state index contributed by atoms with van der Waals surface area (Å²) >= 11 is 1.53. The number of carbonyl (C=O) groups is 1. The van der Waals surface area contributed by atoms with Crippen LogP contribution in [0.5, 0.6) is 0 Å². The summed E-state index contributed by atoms with van der Waals surface area (Å²) in [4.78, 5) is 27.5. The van der Waals surface area contributed by atoms with E-state index in [0.717, 1.165) is 50.6 Å². The lowest BCUT2D eigenvalue weighted by molar-refractivity contribution is -0.257. The summed E-state index contributed by atoms with van der Waals surface area (Å²) in [6.45, 7) is 72.3. The monoisotopic (exact) mass is 1310 g/mol. The molecule has 1 aromatic heterocycles. The van der Waals surface area contributed by atoms with E-state index in [1.807, 2.05) is 39.0 Å². The minimum absolute atomic E-state index is 0.00404. The normalized spacial score (nSPS) is 19.4. The van der Waals surface area contributed by atoms with E-state index in [-0.39, 0.29) is 58.5 Å². The Labute approximate surface area is 578 Å². The van der Waals surface area contributed by atoms with Gasteiger partial charge in [-0.15, -0.1) is 0 Å². The lowest BCUT2D eigenvalue weighted by atomic mass is 9.64. The van der Waals surface area contributed by atoms with Gasteiger partial charge in [0.2, 0.25) is 5.91 Å². The van der Waals surface area contributed by atoms with Crippen LogP contribution in [0.4, 0.5) is 5.13 Å². The fourth-order valence-corrected chi connectivity index (χ4v) is 13.2. The number of thiazole rings is 1. The zero-order valence-electron chi connectivity index (χ0n) is 65.8. The molecule has 0 bridgehead atoms. The quantitative estimate of drug-likeness (QED) is 0.152. The molecule has 4 aromatic carbocycles. The van der Waals surface area contributed by atoms with Gasteiger partial charge < -0.3 is 24.9 Å². The molecule has 9 rings (SSSR count). The summed E-state index contributed by atoms with van der Waals surface area (Å²) in [7, 11) is 2.01. The molecule has 3 fully saturated rings. The van der Waals surface area contributed by atoms with Crippen molar-refractivity contribution < 1.29 is 24.3 Å². The molecule has 14 heteroatoms. The highest BCUT2D eigenvalue weighted by Crippen LogP contribution is 2.48. The van der Waals surface area contributed by atoms with Crippen molar-refractivity contribution in [2.45, 2.75) is 310 Å². The third kappa shape index (κ3) is 22.6. The molecule has 4 aliphatic heterocycles. The summed E-state index contributed by atoms with van der Waals surface area (Å²) in [5.41, 5.74) is 9.09. The Morgan fingerprint density at radius 1 is 0.585 bits per heavy atom. The fourth-order valence-electron chi connectivity index (χ4n) is 12.3. The first kappa shape index (κ1) is 82.2. The van der Waals surface area contributed by atoms with Crippen LogP contribution in [-0.2, 0) is 30.3 Å². The maximum atomic E-state index is 11.9. The van der Waals surface area contributed by atoms with Crippen molar-refractivity contribution in [3.05, 3.63) is 118 Å². The zero-order valence-corrected chi connectivity index (χ0v) is 66.6. The molecule has 1 amide bonds. The highest BCUT2D eigenvalue weighted by atomic mass is 32.1. The van der Waals surface area contributed by atoms with Gasteiger partial charge in [-0.25, -0.2) is 4.98 Å². The molecular formula is C80H132B2N6O5S. The molecule has 4 aliphatic rings. The van der Waals surface area contributed by atoms with E-state index in [0.29, 0.717) is 45.5 Å². The van der Waals surface area contributed by atoms with Crippen LogP contribution in [0.3, 0.4) is 0 Å². The number of carbonyl (C=O) groups excluding carboxylic acids is 1. The van der Waals surface area contributed by atoms with E-state index in [9.17, 15) is 15.0 Å². The van der Waals surface area contributed by atoms with E-state index in [2.05, 4.69) is 300 Å². The van der Waals surface area contributed by atoms with Crippen LogP contribution in [-0.4, -0.2) is 92.2 Å². The van der Waals surface area contributed by atoms with Gasteiger partial charge in [-0.1, -0.05) is 217 Å². The molecule has 0 atom stereocenters. The second kappa shape index (κ2) is 30.1. The predicted octanol–water partition coefficient (Wildman–Crippen LogP) is 18.3. The Morgan fingerprint density at radius 3 is 1.38 bits per heavy atom. The lowest BCUT2D eigenvalue weighted by Crippen LogP contribution is -2.60. The van der Waals surface area contributed by atoms with E-state index >= 15 is 0 Å². The van der Waals surface area contributed by atoms with Gasteiger partial charge in [-0.3, -0.25) is 19.7 Å². The molecule has 3 N–H and O–H groups in total. The largest absolute Gasteiger partial charge is 0.494 e. The minimum atomic E-state index is -0.402. The first-order valence-electron chi connectivity index (χ1n) is 34.9. The number of likely N-dealkylation sites (tertiary alicyclic amines) is 1. The number of fused-ring (bicyclic) bond motifs is 2. The maximum Gasteiger partial charge on any atom is 0.494 e. The molecule has 94 heavy (non-hydrogen) atoms. The van der Waals surface area contributed by atoms with E-state index in [1.54, 1.807) is 11.9 Å². The van der Waals surface area contributed by atoms with Gasteiger partial charge in [0, 0.05) is 27.6 Å². The van der Waals surface area contributed by atoms with Crippen LogP contribution in [0.2, 0.25) is 6.82 Å². The highest BCUT2D eigenvalue weighted by molar-refractivity contribution is 7.22. The summed E-state index contributed by atoms with van der Waals surface area (Å²) in [6.07, 6.45) is 4.76. The van der Waals surface area contributed by atoms with Gasteiger partial charge in [0.1, 0.15) is 6.67 Å². The fraction of sp³-hybridized carbons (Fsp3) is 0.675. The van der Waals surface area contributed by atoms with Crippen LogP contribution < -0.4 is 27.0 Å². The number of nitrogens with one attached hydrogen (secondary N) is 1. The number of piperidine rings is 2. The van der Waals surface area contributed by atoms with Gasteiger partial charge in [0.15, 0.2) is 5.13 Å². The third-order valence-corrected chi connectivity index (χ3v) is 21.2. The topological polar surface area (TPSA) is 132 Å². The van der Waals surface area contributed by atoms with Gasteiger partial charge in [-0.05, 0) is 218 Å². The lowest BCUT2D eigenvalue weighted by Gasteiger charge is -2.56. The molecule has 0 spiro atoms. The summed E-state index contributed by atoms with van der Waals surface area (Å²) in [5, 5.41) is 26.7. The third-order valence-electron chi connectivity index (χ3n) is 20.3. The van der Waals surface area contributed by atoms with Gasteiger partial charge in [-0.2, -0.15) is 5.06 Å². The number of benzene rings is 4. The second-order valence-electron chi connectivity index (χ2n) is 37.6. The van der Waals surface area contributed by atoms with Crippen molar-refractivity contribution >= 4 is 57.6 Å². The molecule has 5 aromatic rings. The Morgan fingerprint density at radius 2 is 0.989 bits per heavy atom. The SMILES string of the molecule is CB(O)c1ccc(C(C)(C)C)cc1.CC(C)(C)C1CC(C)(C)N(O)C(C)(C)C1.CC(C)(C)c1ccc(B2OC(C)(C)C(C)(C)O2)cc1.CC(C)(C)c1ccc2c(c1)=NCN=2.CC(C)c1ccc2nc(NC(=O)C(C)(C)C)sc2c1.CN1C(C)(C)CC(C(C)(C)C)CC1(C)C. The summed E-state index contributed by atoms with van der Waals surface area (Å²) < 4.78 is 13.2. The first-order chi connectivity index (χ1) is 42.2. The number of amides is 1. The van der Waals surface area contributed by atoms with Crippen molar-refractivity contribution in [1.29, 1.82) is 0 Å². The number of anilines is 1. The molecule has 0 aliphatic carbocycles. The van der Waals surface area contributed by atoms with Crippen molar-refractivity contribution in [2.75, 3.05) is 19.0 Å². The number of hydrogen-bond acceptors (Lipinski definition) is 11. The van der Waals surface area contributed by atoms with Gasteiger partial charge >= 0.3 is 14.0 Å².